The van der Waals surface area contributed by atoms with Crippen molar-refractivity contribution in [1.29, 1.82) is 5.26 Å². The highest BCUT2D eigenvalue weighted by molar-refractivity contribution is 6.09. The molecule has 0 heterocycles. The Hall–Kier alpha value is -3.79. The van der Waals surface area contributed by atoms with E-state index in [2.05, 4.69) is 5.32 Å². The number of hydrogen-bond acceptors (Lipinski definition) is 5. The minimum absolute atomic E-state index is 0.0804. The Bertz CT molecular complexity index is 944. The number of nitrogens with zero attached hydrogens (tertiary/aromatic N) is 1. The molecule has 2 N–H and O–H groups in total. The molecule has 0 radical (unpaired) electrons. The van der Waals surface area contributed by atoms with Gasteiger partial charge in [0.15, 0.2) is 18.1 Å². The molecule has 1 amide bonds. The number of benzene rings is 2. The van der Waals surface area contributed by atoms with E-state index in [1.54, 1.807) is 31.2 Å². The van der Waals surface area contributed by atoms with E-state index in [9.17, 15) is 14.9 Å². The maximum absolute atomic E-state index is 12.4. The summed E-state index contributed by atoms with van der Waals surface area (Å²) in [6, 6.07) is 13.9. The van der Waals surface area contributed by atoms with Gasteiger partial charge in [-0.25, -0.2) is 4.79 Å². The zero-order valence-corrected chi connectivity index (χ0v) is 15.6. The lowest BCUT2D eigenvalue weighted by molar-refractivity contribution is -0.139. The van der Waals surface area contributed by atoms with Crippen LogP contribution in [0, 0.1) is 18.3 Å². The standard InChI is InChI=1S/C21H20N2O5/c1-3-27-19-11-15(7-8-18(19)28-13-20(24)25)10-16(12-22)21(26)23-17-6-4-5-14(2)9-17/h4-11H,3,13H2,1-2H3,(H,23,26)(H,24,25)/b16-10+. The Kier molecular flexibility index (Phi) is 7.17. The van der Waals surface area contributed by atoms with Crippen LogP contribution in [-0.2, 0) is 9.59 Å². The number of nitriles is 1. The number of carbonyl (C=O) groups excluding carboxylic acids is 1. The van der Waals surface area contributed by atoms with Crippen LogP contribution in [0.1, 0.15) is 18.1 Å². The van der Waals surface area contributed by atoms with E-state index in [-0.39, 0.29) is 11.3 Å². The van der Waals surface area contributed by atoms with E-state index in [1.165, 1.54) is 12.1 Å². The summed E-state index contributed by atoms with van der Waals surface area (Å²) in [5.74, 6) is -1.04. The van der Waals surface area contributed by atoms with E-state index in [1.807, 2.05) is 25.1 Å². The Morgan fingerprint density at radius 1 is 1.18 bits per heavy atom. The number of carboxylic acid groups (broad SMARTS) is 1. The third-order valence-electron chi connectivity index (χ3n) is 3.57. The predicted molar refractivity (Wildman–Crippen MR) is 104 cm³/mol. The number of ether oxygens (including phenoxy) is 2. The first-order valence-corrected chi connectivity index (χ1v) is 8.54. The molecule has 0 aliphatic carbocycles. The van der Waals surface area contributed by atoms with Crippen molar-refractivity contribution in [1.82, 2.24) is 0 Å². The zero-order chi connectivity index (χ0) is 20.5. The molecule has 0 atom stereocenters. The van der Waals surface area contributed by atoms with Crippen molar-refractivity contribution in [2.45, 2.75) is 13.8 Å². The Balaban J connectivity index is 2.24. The van der Waals surface area contributed by atoms with Gasteiger partial charge < -0.3 is 19.9 Å². The molecule has 0 bridgehead atoms. The summed E-state index contributed by atoms with van der Waals surface area (Å²) in [6.07, 6.45) is 1.43. The SMILES string of the molecule is CCOc1cc(/C=C(\C#N)C(=O)Nc2cccc(C)c2)ccc1OCC(=O)O. The van der Waals surface area contributed by atoms with Crippen LogP contribution < -0.4 is 14.8 Å². The molecule has 0 spiro atoms. The molecule has 7 nitrogen and oxygen atoms in total. The van der Waals surface area contributed by atoms with Crippen molar-refractivity contribution in [3.8, 4) is 17.6 Å². The number of carboxylic acids is 1. The summed E-state index contributed by atoms with van der Waals surface area (Å²) in [7, 11) is 0. The van der Waals surface area contributed by atoms with Gasteiger partial charge in [-0.1, -0.05) is 18.2 Å². The summed E-state index contributed by atoms with van der Waals surface area (Å²) < 4.78 is 10.6. The Morgan fingerprint density at radius 3 is 2.61 bits per heavy atom. The fourth-order valence-corrected chi connectivity index (χ4v) is 2.38. The van der Waals surface area contributed by atoms with E-state index >= 15 is 0 Å². The zero-order valence-electron chi connectivity index (χ0n) is 15.6. The molecule has 0 saturated carbocycles. The summed E-state index contributed by atoms with van der Waals surface area (Å²) in [5.41, 5.74) is 2.04. The molecule has 2 aromatic rings. The van der Waals surface area contributed by atoms with Gasteiger partial charge in [0.05, 0.1) is 6.61 Å². The fourth-order valence-electron chi connectivity index (χ4n) is 2.38. The van der Waals surface area contributed by atoms with Crippen molar-refractivity contribution in [3.63, 3.8) is 0 Å². The highest BCUT2D eigenvalue weighted by Crippen LogP contribution is 2.29. The van der Waals surface area contributed by atoms with Crippen LogP contribution in [-0.4, -0.2) is 30.2 Å². The van der Waals surface area contributed by atoms with Gasteiger partial charge in [0.1, 0.15) is 11.6 Å². The van der Waals surface area contributed by atoms with Crippen molar-refractivity contribution < 1.29 is 24.2 Å². The van der Waals surface area contributed by atoms with Gasteiger partial charge >= 0.3 is 5.97 Å². The van der Waals surface area contributed by atoms with Gasteiger partial charge in [-0.2, -0.15) is 5.26 Å². The number of nitrogens with one attached hydrogen (secondary N) is 1. The summed E-state index contributed by atoms with van der Waals surface area (Å²) in [5, 5.41) is 20.8. The smallest absolute Gasteiger partial charge is 0.341 e. The van der Waals surface area contributed by atoms with Gasteiger partial charge in [-0.3, -0.25) is 4.79 Å². The first kappa shape index (κ1) is 20.5. The largest absolute Gasteiger partial charge is 0.490 e. The lowest BCUT2D eigenvalue weighted by Crippen LogP contribution is -2.13. The molecule has 0 unspecified atom stereocenters. The topological polar surface area (TPSA) is 109 Å². The second-order valence-electron chi connectivity index (χ2n) is 5.82. The number of aryl methyl sites for hydroxylation is 1. The summed E-state index contributed by atoms with van der Waals surface area (Å²) >= 11 is 0. The van der Waals surface area contributed by atoms with Crippen LogP contribution in [0.25, 0.3) is 6.08 Å². The second kappa shape index (κ2) is 9.78. The molecule has 2 aromatic carbocycles. The van der Waals surface area contributed by atoms with Crippen molar-refractivity contribution >= 4 is 23.6 Å². The summed E-state index contributed by atoms with van der Waals surface area (Å²) in [6.45, 7) is 3.52. The predicted octanol–water partition coefficient (Wildman–Crippen LogP) is 3.40. The lowest BCUT2D eigenvalue weighted by atomic mass is 10.1. The van der Waals surface area contributed by atoms with E-state index in [4.69, 9.17) is 14.6 Å². The number of amides is 1. The van der Waals surface area contributed by atoms with Gasteiger partial charge in [0.25, 0.3) is 5.91 Å². The molecule has 0 aliphatic heterocycles. The van der Waals surface area contributed by atoms with E-state index in [0.717, 1.165) is 5.56 Å². The number of rotatable bonds is 8. The number of anilines is 1. The first-order chi connectivity index (χ1) is 13.4. The third kappa shape index (κ3) is 5.88. The molecular weight excluding hydrogens is 360 g/mol. The highest BCUT2D eigenvalue weighted by Gasteiger charge is 2.12. The van der Waals surface area contributed by atoms with E-state index in [0.29, 0.717) is 23.6 Å². The summed E-state index contributed by atoms with van der Waals surface area (Å²) in [4.78, 5) is 23.1. The molecule has 28 heavy (non-hydrogen) atoms. The molecule has 0 aromatic heterocycles. The van der Waals surface area contributed by atoms with Crippen molar-refractivity contribution in [2.75, 3.05) is 18.5 Å². The van der Waals surface area contributed by atoms with Crippen molar-refractivity contribution in [3.05, 3.63) is 59.2 Å². The van der Waals surface area contributed by atoms with Crippen molar-refractivity contribution in [2.24, 2.45) is 0 Å². The molecular formula is C21H20N2O5. The third-order valence-corrected chi connectivity index (χ3v) is 3.57. The Morgan fingerprint density at radius 2 is 1.96 bits per heavy atom. The first-order valence-electron chi connectivity index (χ1n) is 8.54. The molecule has 0 fully saturated rings. The maximum atomic E-state index is 12.4. The monoisotopic (exact) mass is 380 g/mol. The molecule has 0 saturated heterocycles. The quantitative estimate of drug-likeness (QED) is 0.537. The van der Waals surface area contributed by atoms with Gasteiger partial charge in [0, 0.05) is 5.69 Å². The maximum Gasteiger partial charge on any atom is 0.341 e. The minimum Gasteiger partial charge on any atom is -0.490 e. The highest BCUT2D eigenvalue weighted by atomic mass is 16.5. The molecule has 2 rings (SSSR count). The number of hydrogen-bond donors (Lipinski definition) is 2. The van der Waals surface area contributed by atoms with Gasteiger partial charge in [0.2, 0.25) is 0 Å². The van der Waals surface area contributed by atoms with Crippen LogP contribution >= 0.6 is 0 Å². The van der Waals surface area contributed by atoms with Crippen LogP contribution in [0.2, 0.25) is 0 Å². The minimum atomic E-state index is -1.11. The van der Waals surface area contributed by atoms with Crippen LogP contribution in [0.5, 0.6) is 11.5 Å². The van der Waals surface area contributed by atoms with Crippen LogP contribution in [0.4, 0.5) is 5.69 Å². The molecule has 144 valence electrons. The Labute approximate surface area is 162 Å². The van der Waals surface area contributed by atoms with Crippen LogP contribution in [0.15, 0.2) is 48.0 Å². The van der Waals surface area contributed by atoms with Gasteiger partial charge in [-0.15, -0.1) is 0 Å². The van der Waals surface area contributed by atoms with E-state index < -0.39 is 18.5 Å². The van der Waals surface area contributed by atoms with Crippen LogP contribution in [0.3, 0.4) is 0 Å². The average Bonchev–Trinajstić information content (AvgIpc) is 2.65. The number of carbonyl (C=O) groups is 2. The molecule has 7 heteroatoms. The fraction of sp³-hybridized carbons (Fsp3) is 0.190. The number of aliphatic carboxylic acids is 1. The normalized spacial score (nSPS) is 10.7. The van der Waals surface area contributed by atoms with Gasteiger partial charge in [-0.05, 0) is 55.3 Å². The lowest BCUT2D eigenvalue weighted by Gasteiger charge is -2.11. The average molecular weight is 380 g/mol. The molecule has 0 aliphatic rings. The second-order valence-corrected chi connectivity index (χ2v) is 5.82.